The molecule has 0 radical (unpaired) electrons. The Morgan fingerprint density at radius 1 is 1.21 bits per heavy atom. The molecule has 10 heteroatoms. The molecule has 9 nitrogen and oxygen atoms in total. The molecule has 1 heterocycles. The number of aromatic nitrogens is 2. The summed E-state index contributed by atoms with van der Waals surface area (Å²) < 4.78 is 32.2. The van der Waals surface area contributed by atoms with E-state index in [2.05, 4.69) is 9.97 Å². The Labute approximate surface area is 192 Å². The highest BCUT2D eigenvalue weighted by molar-refractivity contribution is 7.89. The smallest absolute Gasteiger partial charge is 0.338 e. The molecule has 3 rings (SSSR count). The molecule has 0 aliphatic carbocycles. The highest BCUT2D eigenvalue weighted by atomic mass is 32.2. The Kier molecular flexibility index (Phi) is 7.16. The fourth-order valence-corrected chi connectivity index (χ4v) is 5.03. The minimum Gasteiger partial charge on any atom is -0.507 e. The maximum Gasteiger partial charge on any atom is 0.338 e. The van der Waals surface area contributed by atoms with Gasteiger partial charge in [-0.1, -0.05) is 32.0 Å². The number of fused-ring (bicyclic) bond motifs is 1. The minimum absolute atomic E-state index is 0.0143. The number of H-pyrrole nitrogens is 1. The molecule has 0 atom stereocenters. The summed E-state index contributed by atoms with van der Waals surface area (Å²) in [5.74, 6) is -1.16. The van der Waals surface area contributed by atoms with Crippen LogP contribution in [-0.4, -0.2) is 53.5 Å². The van der Waals surface area contributed by atoms with Crippen LogP contribution >= 0.6 is 0 Å². The van der Waals surface area contributed by atoms with Crippen LogP contribution in [0.2, 0.25) is 0 Å². The summed E-state index contributed by atoms with van der Waals surface area (Å²) in [6.45, 7) is 5.13. The molecular formula is C23H24N4O5S. The van der Waals surface area contributed by atoms with Gasteiger partial charge in [0.05, 0.1) is 21.5 Å². The number of imidazole rings is 1. The lowest BCUT2D eigenvalue weighted by molar-refractivity contribution is 0.0502. The number of aryl methyl sites for hydroxylation is 1. The third-order valence-corrected chi connectivity index (χ3v) is 7.31. The van der Waals surface area contributed by atoms with Gasteiger partial charge < -0.3 is 14.8 Å². The second-order valence-electron chi connectivity index (χ2n) is 7.18. The fraction of sp³-hybridized carbons (Fsp3) is 0.261. The van der Waals surface area contributed by atoms with E-state index in [1.807, 2.05) is 6.07 Å². The summed E-state index contributed by atoms with van der Waals surface area (Å²) in [5, 5.41) is 19.8. The van der Waals surface area contributed by atoms with Crippen molar-refractivity contribution in [1.29, 1.82) is 5.26 Å². The van der Waals surface area contributed by atoms with Crippen molar-refractivity contribution < 1.29 is 23.1 Å². The number of benzene rings is 2. The first-order valence-electron chi connectivity index (χ1n) is 10.3. The average Bonchev–Trinajstić information content (AvgIpc) is 3.22. The summed E-state index contributed by atoms with van der Waals surface area (Å²) in [6, 6.07) is 13.2. The van der Waals surface area contributed by atoms with Crippen molar-refractivity contribution in [3.8, 4) is 6.07 Å². The summed E-state index contributed by atoms with van der Waals surface area (Å²) in [5.41, 5.74) is 1.66. The zero-order valence-corrected chi connectivity index (χ0v) is 19.3. The SMILES string of the molecule is CCN(CC)S(=O)(=O)c1cc(C(=O)OCC(O)=C(C#N)c2nc3ccccc3[nH]2)ccc1C. The summed E-state index contributed by atoms with van der Waals surface area (Å²) >= 11 is 0. The van der Waals surface area contributed by atoms with Gasteiger partial charge in [0.25, 0.3) is 0 Å². The lowest BCUT2D eigenvalue weighted by atomic mass is 10.1. The lowest BCUT2D eigenvalue weighted by Crippen LogP contribution is -2.31. The zero-order chi connectivity index (χ0) is 24.2. The predicted octanol–water partition coefficient (Wildman–Crippen LogP) is 3.55. The first kappa shape index (κ1) is 24.0. The van der Waals surface area contributed by atoms with Crippen molar-refractivity contribution in [2.75, 3.05) is 19.7 Å². The number of nitriles is 1. The van der Waals surface area contributed by atoms with Gasteiger partial charge in [0.1, 0.15) is 18.2 Å². The number of sulfonamides is 1. The van der Waals surface area contributed by atoms with Gasteiger partial charge in [-0.05, 0) is 36.8 Å². The van der Waals surface area contributed by atoms with Crippen LogP contribution in [0.4, 0.5) is 0 Å². The molecule has 33 heavy (non-hydrogen) atoms. The fourth-order valence-electron chi connectivity index (χ4n) is 3.32. The quantitative estimate of drug-likeness (QED) is 0.293. The number of aromatic amines is 1. The molecule has 0 saturated heterocycles. The molecule has 172 valence electrons. The summed E-state index contributed by atoms with van der Waals surface area (Å²) in [6.07, 6.45) is 0. The van der Waals surface area contributed by atoms with Crippen LogP contribution in [0.1, 0.15) is 35.6 Å². The minimum atomic E-state index is -3.77. The van der Waals surface area contributed by atoms with E-state index >= 15 is 0 Å². The third-order valence-electron chi connectivity index (χ3n) is 5.11. The molecule has 2 N–H and O–H groups in total. The van der Waals surface area contributed by atoms with Crippen molar-refractivity contribution in [2.45, 2.75) is 25.7 Å². The van der Waals surface area contributed by atoms with Crippen molar-refractivity contribution in [2.24, 2.45) is 0 Å². The highest BCUT2D eigenvalue weighted by Gasteiger charge is 2.25. The standard InChI is InChI=1S/C23H24N4O5S/c1-4-27(5-2)33(30,31)21-12-16(11-10-15(21)3)23(29)32-14-20(28)17(13-24)22-25-18-8-6-7-9-19(18)26-22/h6-12,28H,4-5,14H2,1-3H3,(H,25,26). The molecule has 0 fully saturated rings. The molecule has 0 aliphatic heterocycles. The second kappa shape index (κ2) is 9.85. The monoisotopic (exact) mass is 468 g/mol. The van der Waals surface area contributed by atoms with Gasteiger partial charge in [0.2, 0.25) is 10.0 Å². The van der Waals surface area contributed by atoms with E-state index in [1.54, 1.807) is 45.0 Å². The van der Waals surface area contributed by atoms with E-state index in [9.17, 15) is 23.6 Å². The Balaban J connectivity index is 1.83. The Morgan fingerprint density at radius 3 is 2.55 bits per heavy atom. The summed E-state index contributed by atoms with van der Waals surface area (Å²) in [4.78, 5) is 19.8. The Morgan fingerprint density at radius 2 is 1.91 bits per heavy atom. The number of aliphatic hydroxyl groups is 1. The molecule has 0 spiro atoms. The van der Waals surface area contributed by atoms with Gasteiger partial charge in [-0.3, -0.25) is 0 Å². The number of rotatable bonds is 8. The largest absolute Gasteiger partial charge is 0.507 e. The van der Waals surface area contributed by atoms with Gasteiger partial charge in [-0.25, -0.2) is 18.2 Å². The molecule has 0 aliphatic rings. The van der Waals surface area contributed by atoms with Crippen molar-refractivity contribution in [3.63, 3.8) is 0 Å². The number of ether oxygens (including phenoxy) is 1. The van der Waals surface area contributed by atoms with E-state index in [4.69, 9.17) is 4.74 Å². The van der Waals surface area contributed by atoms with Crippen LogP contribution in [0.5, 0.6) is 0 Å². The van der Waals surface area contributed by atoms with E-state index in [-0.39, 0.29) is 21.9 Å². The van der Waals surface area contributed by atoms with Crippen LogP contribution < -0.4 is 0 Å². The molecule has 0 amide bonds. The van der Waals surface area contributed by atoms with Gasteiger partial charge in [-0.2, -0.15) is 9.57 Å². The first-order valence-corrected chi connectivity index (χ1v) is 11.7. The number of esters is 1. The molecule has 0 bridgehead atoms. The molecule has 0 unspecified atom stereocenters. The number of carbonyl (C=O) groups excluding carboxylic acids is 1. The number of aliphatic hydroxyl groups excluding tert-OH is 1. The predicted molar refractivity (Wildman–Crippen MR) is 123 cm³/mol. The van der Waals surface area contributed by atoms with E-state index in [0.717, 1.165) is 0 Å². The van der Waals surface area contributed by atoms with Crippen LogP contribution in [0, 0.1) is 18.3 Å². The lowest BCUT2D eigenvalue weighted by Gasteiger charge is -2.20. The Hall–Kier alpha value is -3.68. The normalized spacial score (nSPS) is 12.5. The number of para-hydroxylation sites is 2. The number of hydrogen-bond acceptors (Lipinski definition) is 7. The molecule has 1 aromatic heterocycles. The Bertz CT molecular complexity index is 1330. The van der Waals surface area contributed by atoms with Crippen molar-refractivity contribution in [3.05, 3.63) is 65.2 Å². The zero-order valence-electron chi connectivity index (χ0n) is 18.5. The number of carbonyl (C=O) groups is 1. The number of hydrogen-bond donors (Lipinski definition) is 2. The second-order valence-corrected chi connectivity index (χ2v) is 9.09. The highest BCUT2D eigenvalue weighted by Crippen LogP contribution is 2.23. The van der Waals surface area contributed by atoms with Gasteiger partial charge >= 0.3 is 5.97 Å². The van der Waals surface area contributed by atoms with E-state index in [0.29, 0.717) is 29.7 Å². The average molecular weight is 469 g/mol. The maximum atomic E-state index is 12.9. The maximum absolute atomic E-state index is 12.9. The van der Waals surface area contributed by atoms with Crippen LogP contribution in [-0.2, 0) is 14.8 Å². The van der Waals surface area contributed by atoms with E-state index < -0.39 is 28.4 Å². The van der Waals surface area contributed by atoms with Crippen molar-refractivity contribution in [1.82, 2.24) is 14.3 Å². The molecular weight excluding hydrogens is 444 g/mol. The van der Waals surface area contributed by atoms with Crippen LogP contribution in [0.25, 0.3) is 16.6 Å². The third kappa shape index (κ3) is 4.89. The first-order chi connectivity index (χ1) is 15.7. The topological polar surface area (TPSA) is 136 Å². The van der Waals surface area contributed by atoms with Gasteiger partial charge in [0.15, 0.2) is 11.6 Å². The molecule has 2 aromatic carbocycles. The summed E-state index contributed by atoms with van der Waals surface area (Å²) in [7, 11) is -3.77. The number of nitrogens with zero attached hydrogens (tertiary/aromatic N) is 3. The molecule has 3 aromatic rings. The van der Waals surface area contributed by atoms with E-state index in [1.165, 1.54) is 22.5 Å². The molecule has 0 saturated carbocycles. The number of allylic oxidation sites excluding steroid dienone is 1. The number of nitrogens with one attached hydrogen (secondary N) is 1. The van der Waals surface area contributed by atoms with Crippen molar-refractivity contribution >= 4 is 32.6 Å². The van der Waals surface area contributed by atoms with Crippen LogP contribution in [0.3, 0.4) is 0 Å². The van der Waals surface area contributed by atoms with Crippen LogP contribution in [0.15, 0.2) is 53.1 Å². The van der Waals surface area contributed by atoms with Gasteiger partial charge in [-0.15, -0.1) is 0 Å². The van der Waals surface area contributed by atoms with Gasteiger partial charge in [0, 0.05) is 13.1 Å².